The Labute approximate surface area is 222 Å². The average Bonchev–Trinajstić information content (AvgIpc) is 3.39. The zero-order chi connectivity index (χ0) is 26.4. The van der Waals surface area contributed by atoms with Crippen LogP contribution in [-0.2, 0) is 11.8 Å². The second-order valence-electron chi connectivity index (χ2n) is 12.5. The number of allylic oxidation sites excluding steroid dienone is 4. The van der Waals surface area contributed by atoms with E-state index in [1.165, 1.54) is 31.3 Å². The molecule has 4 saturated carbocycles. The number of hydrogen-bond donors (Lipinski definition) is 3. The smallest absolute Gasteiger partial charge is 0.203 e. The number of hydrogen-bond acceptors (Lipinski definition) is 5. The molecule has 0 aromatic carbocycles. The van der Waals surface area contributed by atoms with Gasteiger partial charge in [0.1, 0.15) is 5.76 Å². The summed E-state index contributed by atoms with van der Waals surface area (Å²) in [5, 5.41) is 31.4. The van der Waals surface area contributed by atoms with Gasteiger partial charge in [-0.05, 0) is 85.7 Å². The minimum Gasteiger partial charge on any atom is -0.445 e. The van der Waals surface area contributed by atoms with E-state index in [2.05, 4.69) is 50.6 Å². The van der Waals surface area contributed by atoms with Crippen molar-refractivity contribution < 1.29 is 19.7 Å². The van der Waals surface area contributed by atoms with Crippen LogP contribution in [0.15, 0.2) is 58.2 Å². The fraction of sp³-hybridized carbons (Fsp3) is 0.656. The molecule has 3 N–H and O–H groups in total. The summed E-state index contributed by atoms with van der Waals surface area (Å²) >= 11 is 0. The van der Waals surface area contributed by atoms with E-state index in [1.807, 2.05) is 6.08 Å². The quantitative estimate of drug-likeness (QED) is 0.396. The molecule has 0 saturated heterocycles. The number of oxazole rings is 1. The van der Waals surface area contributed by atoms with E-state index >= 15 is 0 Å². The Kier molecular flexibility index (Phi) is 7.43. The largest absolute Gasteiger partial charge is 0.445 e. The van der Waals surface area contributed by atoms with Gasteiger partial charge >= 0.3 is 0 Å². The Morgan fingerprint density at radius 3 is 2.68 bits per heavy atom. The van der Waals surface area contributed by atoms with Gasteiger partial charge in [-0.1, -0.05) is 57.2 Å². The lowest BCUT2D eigenvalue weighted by Crippen LogP contribution is -2.35. The summed E-state index contributed by atoms with van der Waals surface area (Å²) in [4.78, 5) is 4.48. The van der Waals surface area contributed by atoms with Crippen molar-refractivity contribution in [3.05, 3.63) is 65.5 Å². The fourth-order valence-corrected chi connectivity index (χ4v) is 7.68. The topological polar surface area (TPSA) is 86.7 Å². The van der Waals surface area contributed by atoms with Crippen LogP contribution >= 0.6 is 0 Å². The Bertz CT molecular complexity index is 1090. The second-order valence-corrected chi connectivity index (χ2v) is 12.5. The fourth-order valence-electron chi connectivity index (χ4n) is 7.68. The van der Waals surface area contributed by atoms with Crippen LogP contribution in [-0.4, -0.2) is 38.6 Å². The van der Waals surface area contributed by atoms with Crippen LogP contribution in [0.2, 0.25) is 0 Å². The van der Waals surface area contributed by atoms with Crippen LogP contribution in [0.25, 0.3) is 0 Å². The molecule has 4 aliphatic carbocycles. The molecule has 7 atom stereocenters. The number of aliphatic hydroxyl groups is 3. The zero-order valence-electron chi connectivity index (χ0n) is 22.8. The predicted molar refractivity (Wildman–Crippen MR) is 146 cm³/mol. The molecule has 0 radical (unpaired) electrons. The molecular weight excluding hydrogens is 462 g/mol. The van der Waals surface area contributed by atoms with Gasteiger partial charge in [0.2, 0.25) is 5.89 Å². The predicted octanol–water partition coefficient (Wildman–Crippen LogP) is 5.96. The third kappa shape index (κ3) is 4.95. The molecule has 4 fully saturated rings. The van der Waals surface area contributed by atoms with Crippen LogP contribution < -0.4 is 0 Å². The third-order valence-corrected chi connectivity index (χ3v) is 10.2. The molecule has 37 heavy (non-hydrogen) atoms. The van der Waals surface area contributed by atoms with E-state index in [4.69, 9.17) is 4.42 Å². The first-order valence-corrected chi connectivity index (χ1v) is 14.4. The maximum Gasteiger partial charge on any atom is 0.203 e. The molecule has 5 rings (SSSR count). The Hall–Kier alpha value is -1.95. The van der Waals surface area contributed by atoms with Crippen molar-refractivity contribution in [2.45, 2.75) is 109 Å². The normalized spacial score (nSPS) is 37.3. The highest BCUT2D eigenvalue weighted by atomic mass is 16.4. The summed E-state index contributed by atoms with van der Waals surface area (Å²) in [6.45, 7) is 10.9. The molecular formula is C32H45NO4. The molecule has 202 valence electrons. The van der Waals surface area contributed by atoms with Gasteiger partial charge < -0.3 is 19.7 Å². The zero-order valence-corrected chi connectivity index (χ0v) is 22.8. The van der Waals surface area contributed by atoms with Gasteiger partial charge in [0.25, 0.3) is 0 Å². The molecule has 1 heterocycles. The molecule has 0 bridgehead atoms. The molecule has 5 heteroatoms. The van der Waals surface area contributed by atoms with Crippen molar-refractivity contribution >= 4 is 0 Å². The van der Waals surface area contributed by atoms with Crippen molar-refractivity contribution in [3.63, 3.8) is 0 Å². The Morgan fingerprint density at radius 2 is 1.97 bits per heavy atom. The maximum absolute atomic E-state index is 11.1. The SMILES string of the molecule is C=C1/C(=C\C=C2/CCC[C@]3(C)[C@@H]([C@@H](C)/C=C/[C@H](O)C4(c5ncc(CC)o5)CC4)CC[C@@H]23)C[C@@H](O)C[C@@H]1O. The highest BCUT2D eigenvalue weighted by Crippen LogP contribution is 2.60. The lowest BCUT2D eigenvalue weighted by atomic mass is 9.61. The number of aromatic nitrogens is 1. The van der Waals surface area contributed by atoms with Crippen molar-refractivity contribution in [1.29, 1.82) is 0 Å². The molecule has 5 nitrogen and oxygen atoms in total. The lowest BCUT2D eigenvalue weighted by Gasteiger charge is -2.44. The first kappa shape index (κ1) is 26.6. The highest BCUT2D eigenvalue weighted by molar-refractivity contribution is 5.38. The number of nitrogens with zero attached hydrogens (tertiary/aromatic N) is 1. The maximum atomic E-state index is 11.1. The molecule has 4 aliphatic rings. The minimum absolute atomic E-state index is 0.246. The van der Waals surface area contributed by atoms with Crippen molar-refractivity contribution in [3.8, 4) is 0 Å². The van der Waals surface area contributed by atoms with E-state index in [-0.39, 0.29) is 10.8 Å². The molecule has 1 aromatic rings. The van der Waals surface area contributed by atoms with Crippen molar-refractivity contribution in [2.24, 2.45) is 23.2 Å². The number of aryl methyl sites for hydroxylation is 1. The molecule has 0 amide bonds. The van der Waals surface area contributed by atoms with Gasteiger partial charge in [-0.25, -0.2) is 4.98 Å². The second kappa shape index (κ2) is 10.3. The van der Waals surface area contributed by atoms with Gasteiger partial charge in [-0.3, -0.25) is 0 Å². The highest BCUT2D eigenvalue weighted by Gasteiger charge is 2.54. The summed E-state index contributed by atoms with van der Waals surface area (Å²) in [6, 6.07) is 0. The summed E-state index contributed by atoms with van der Waals surface area (Å²) in [7, 11) is 0. The van der Waals surface area contributed by atoms with E-state index in [0.29, 0.717) is 36.5 Å². The lowest BCUT2D eigenvalue weighted by molar-refractivity contribution is 0.0862. The van der Waals surface area contributed by atoms with Gasteiger partial charge in [0.15, 0.2) is 0 Å². The van der Waals surface area contributed by atoms with Crippen LogP contribution in [0.3, 0.4) is 0 Å². The van der Waals surface area contributed by atoms with Gasteiger partial charge in [0.05, 0.1) is 29.9 Å². The van der Waals surface area contributed by atoms with Gasteiger partial charge in [-0.15, -0.1) is 0 Å². The molecule has 0 spiro atoms. The van der Waals surface area contributed by atoms with Crippen molar-refractivity contribution in [2.75, 3.05) is 0 Å². The van der Waals surface area contributed by atoms with E-state index in [0.717, 1.165) is 42.6 Å². The molecule has 0 unspecified atom stereocenters. The molecule has 0 aliphatic heterocycles. The summed E-state index contributed by atoms with van der Waals surface area (Å²) in [6.07, 6.45) is 18.3. The monoisotopic (exact) mass is 507 g/mol. The number of rotatable bonds is 7. The Morgan fingerprint density at radius 1 is 1.19 bits per heavy atom. The first-order valence-electron chi connectivity index (χ1n) is 14.4. The van der Waals surface area contributed by atoms with E-state index < -0.39 is 18.3 Å². The standard InChI is InChI=1S/C32H45NO4/c1-5-25-19-33-30(37-25)32(15-16-32)29(36)13-8-20(2)26-11-12-27-22(7-6-14-31(26,27)4)9-10-23-17-24(34)18-28(35)21(23)3/h8-10,13,19-20,24,26-29,34-36H,3,5-7,11-12,14-18H2,1-2,4H3/b13-8+,22-9+,23-10-/t20-,24+,26+,27-,28-,29-,31+/m0/s1. The Balaban J connectivity index is 1.28. The summed E-state index contributed by atoms with van der Waals surface area (Å²) in [5.41, 5.74) is 3.15. The molecule has 1 aromatic heterocycles. The summed E-state index contributed by atoms with van der Waals surface area (Å²) < 4.78 is 5.92. The van der Waals surface area contributed by atoms with Crippen molar-refractivity contribution in [1.82, 2.24) is 4.98 Å². The summed E-state index contributed by atoms with van der Waals surface area (Å²) in [5.74, 6) is 3.10. The number of fused-ring (bicyclic) bond motifs is 1. The minimum atomic E-state index is -0.643. The van der Waals surface area contributed by atoms with Crippen LogP contribution in [0.5, 0.6) is 0 Å². The first-order chi connectivity index (χ1) is 17.7. The third-order valence-electron chi connectivity index (χ3n) is 10.2. The number of aliphatic hydroxyl groups excluding tert-OH is 3. The average molecular weight is 508 g/mol. The van der Waals surface area contributed by atoms with E-state index in [1.54, 1.807) is 6.20 Å². The van der Waals surface area contributed by atoms with Crippen LogP contribution in [0.4, 0.5) is 0 Å². The van der Waals surface area contributed by atoms with Gasteiger partial charge in [-0.2, -0.15) is 0 Å². The van der Waals surface area contributed by atoms with Gasteiger partial charge in [0, 0.05) is 12.8 Å². The van der Waals surface area contributed by atoms with Crippen LogP contribution in [0.1, 0.15) is 90.2 Å². The van der Waals surface area contributed by atoms with E-state index in [9.17, 15) is 15.3 Å². The van der Waals surface area contributed by atoms with Crippen LogP contribution in [0, 0.1) is 23.2 Å².